The Morgan fingerprint density at radius 1 is 1.19 bits per heavy atom. The van der Waals surface area contributed by atoms with Gasteiger partial charge in [-0.2, -0.15) is 0 Å². The van der Waals surface area contributed by atoms with Gasteiger partial charge in [-0.3, -0.25) is 14.9 Å². The van der Waals surface area contributed by atoms with E-state index in [1.54, 1.807) is 0 Å². The largest absolute Gasteiger partial charge is 0.484 e. The third kappa shape index (κ3) is 5.11. The summed E-state index contributed by atoms with van der Waals surface area (Å²) in [5, 5.41) is 16.2. The molecule has 1 amide bonds. The smallest absolute Gasteiger partial charge is 0.269 e. The maximum Gasteiger partial charge on any atom is 0.269 e. The Bertz CT molecular complexity index is 936. The molecule has 0 aliphatic heterocycles. The van der Waals surface area contributed by atoms with Gasteiger partial charge in [0.2, 0.25) is 0 Å². The number of nitrogens with zero attached hydrogens (tertiary/aromatic N) is 2. The van der Waals surface area contributed by atoms with Crippen molar-refractivity contribution in [1.29, 1.82) is 0 Å². The molecule has 0 fully saturated rings. The van der Waals surface area contributed by atoms with E-state index in [2.05, 4.69) is 10.3 Å². The number of aryl methyl sites for hydroxylation is 1. The van der Waals surface area contributed by atoms with Gasteiger partial charge >= 0.3 is 0 Å². The summed E-state index contributed by atoms with van der Waals surface area (Å²) in [6.45, 7) is 2.17. The summed E-state index contributed by atoms with van der Waals surface area (Å²) in [6.07, 6.45) is 0. The number of ether oxygens (including phenoxy) is 1. The molecule has 0 unspecified atom stereocenters. The number of carbonyl (C=O) groups excluding carboxylic acids is 1. The summed E-state index contributed by atoms with van der Waals surface area (Å²) in [5.41, 5.74) is 2.99. The van der Waals surface area contributed by atoms with Crippen molar-refractivity contribution < 1.29 is 14.5 Å². The van der Waals surface area contributed by atoms with Crippen molar-refractivity contribution >= 4 is 22.9 Å². The van der Waals surface area contributed by atoms with Crippen LogP contribution in [-0.4, -0.2) is 22.4 Å². The van der Waals surface area contributed by atoms with Crippen molar-refractivity contribution in [2.45, 2.75) is 13.5 Å². The number of aromatic nitrogens is 1. The number of hydrogen-bond donors (Lipinski definition) is 1. The molecule has 27 heavy (non-hydrogen) atoms. The molecule has 1 N–H and O–H groups in total. The van der Waals surface area contributed by atoms with Crippen molar-refractivity contribution in [3.05, 3.63) is 75.3 Å². The van der Waals surface area contributed by atoms with Gasteiger partial charge < -0.3 is 10.1 Å². The van der Waals surface area contributed by atoms with Gasteiger partial charge in [0.15, 0.2) is 6.61 Å². The van der Waals surface area contributed by atoms with Crippen LogP contribution in [-0.2, 0) is 11.3 Å². The fourth-order valence-electron chi connectivity index (χ4n) is 2.27. The average Bonchev–Trinajstić information content (AvgIpc) is 3.14. The second kappa shape index (κ2) is 8.41. The first-order chi connectivity index (χ1) is 13.0. The second-order valence-corrected chi connectivity index (χ2v) is 6.68. The van der Waals surface area contributed by atoms with Gasteiger partial charge in [-0.25, -0.2) is 4.98 Å². The minimum atomic E-state index is -0.491. The predicted octanol–water partition coefficient (Wildman–Crippen LogP) is 3.72. The number of nitro benzene ring substituents is 1. The van der Waals surface area contributed by atoms with Crippen LogP contribution in [0.1, 0.15) is 11.3 Å². The Balaban J connectivity index is 1.48. The normalized spacial score (nSPS) is 10.4. The van der Waals surface area contributed by atoms with E-state index in [0.717, 1.165) is 16.3 Å². The van der Waals surface area contributed by atoms with Crippen LogP contribution in [0.15, 0.2) is 53.9 Å². The molecular formula is C19H17N3O4S. The number of rotatable bonds is 7. The van der Waals surface area contributed by atoms with Gasteiger partial charge in [-0.05, 0) is 19.1 Å². The summed E-state index contributed by atoms with van der Waals surface area (Å²) in [7, 11) is 0. The Morgan fingerprint density at radius 2 is 1.89 bits per heavy atom. The number of thiazole rings is 1. The fourth-order valence-corrected chi connectivity index (χ4v) is 3.10. The highest BCUT2D eigenvalue weighted by atomic mass is 32.1. The third-order valence-electron chi connectivity index (χ3n) is 3.73. The number of carbonyl (C=O) groups is 1. The maximum atomic E-state index is 11.9. The number of non-ortho nitro benzene ring substituents is 1. The van der Waals surface area contributed by atoms with E-state index < -0.39 is 4.92 Å². The van der Waals surface area contributed by atoms with E-state index in [-0.39, 0.29) is 18.2 Å². The molecule has 1 aromatic heterocycles. The fraction of sp³-hybridized carbons (Fsp3) is 0.158. The molecule has 138 valence electrons. The quantitative estimate of drug-likeness (QED) is 0.496. The number of amides is 1. The lowest BCUT2D eigenvalue weighted by Gasteiger charge is -2.06. The monoisotopic (exact) mass is 383 g/mol. The van der Waals surface area contributed by atoms with Crippen LogP contribution < -0.4 is 10.1 Å². The Labute approximate surface area is 159 Å². The highest BCUT2D eigenvalue weighted by Crippen LogP contribution is 2.24. The zero-order valence-corrected chi connectivity index (χ0v) is 15.4. The van der Waals surface area contributed by atoms with Crippen molar-refractivity contribution in [3.63, 3.8) is 0 Å². The molecule has 0 radical (unpaired) electrons. The number of nitrogens with one attached hydrogen (secondary N) is 1. The summed E-state index contributed by atoms with van der Waals surface area (Å²) >= 11 is 1.53. The minimum absolute atomic E-state index is 0.0280. The van der Waals surface area contributed by atoms with E-state index in [1.807, 2.05) is 36.6 Å². The van der Waals surface area contributed by atoms with Crippen LogP contribution in [0.2, 0.25) is 0 Å². The van der Waals surface area contributed by atoms with E-state index in [4.69, 9.17) is 4.74 Å². The molecule has 3 aromatic rings. The molecule has 7 nitrogen and oxygen atoms in total. The number of nitro groups is 1. The second-order valence-electron chi connectivity index (χ2n) is 5.83. The number of hydrogen-bond acceptors (Lipinski definition) is 6. The molecule has 0 aliphatic rings. The molecule has 0 aliphatic carbocycles. The standard InChI is InChI=1S/C19H17N3O4S/c1-13-2-4-14(5-3-13)19-21-15(12-27-19)10-20-18(23)11-26-17-8-6-16(7-9-17)22(24)25/h2-9,12H,10-11H2,1H3,(H,20,23). The lowest BCUT2D eigenvalue weighted by Crippen LogP contribution is -2.28. The van der Waals surface area contributed by atoms with E-state index in [9.17, 15) is 14.9 Å². The molecule has 8 heteroatoms. The van der Waals surface area contributed by atoms with Crippen molar-refractivity contribution in [3.8, 4) is 16.3 Å². The van der Waals surface area contributed by atoms with Gasteiger partial charge in [-0.1, -0.05) is 29.8 Å². The third-order valence-corrected chi connectivity index (χ3v) is 4.67. The predicted molar refractivity (Wildman–Crippen MR) is 103 cm³/mol. The molecule has 0 atom stereocenters. The first-order valence-electron chi connectivity index (χ1n) is 8.16. The first-order valence-corrected chi connectivity index (χ1v) is 9.04. The molecule has 1 heterocycles. The van der Waals surface area contributed by atoms with Crippen LogP contribution in [0.5, 0.6) is 5.75 Å². The topological polar surface area (TPSA) is 94.4 Å². The Kier molecular flexibility index (Phi) is 5.77. The van der Waals surface area contributed by atoms with Crippen LogP contribution >= 0.6 is 11.3 Å². The summed E-state index contributed by atoms with van der Waals surface area (Å²) in [4.78, 5) is 26.5. The first kappa shape index (κ1) is 18.5. The van der Waals surface area contributed by atoms with Gasteiger partial charge in [-0.15, -0.1) is 11.3 Å². The highest BCUT2D eigenvalue weighted by molar-refractivity contribution is 7.13. The van der Waals surface area contributed by atoms with Crippen LogP contribution in [0.4, 0.5) is 5.69 Å². The molecule has 0 bridgehead atoms. The average molecular weight is 383 g/mol. The van der Waals surface area contributed by atoms with Crippen molar-refractivity contribution in [2.24, 2.45) is 0 Å². The Morgan fingerprint density at radius 3 is 2.56 bits per heavy atom. The van der Waals surface area contributed by atoms with E-state index >= 15 is 0 Å². The van der Waals surface area contributed by atoms with Crippen molar-refractivity contribution in [2.75, 3.05) is 6.61 Å². The molecule has 0 spiro atoms. The maximum absolute atomic E-state index is 11.9. The molecular weight excluding hydrogens is 366 g/mol. The van der Waals surface area contributed by atoms with E-state index in [1.165, 1.54) is 41.2 Å². The van der Waals surface area contributed by atoms with Crippen molar-refractivity contribution in [1.82, 2.24) is 10.3 Å². The van der Waals surface area contributed by atoms with Crippen LogP contribution in [0.3, 0.4) is 0 Å². The lowest BCUT2D eigenvalue weighted by molar-refractivity contribution is -0.384. The highest BCUT2D eigenvalue weighted by Gasteiger charge is 2.08. The van der Waals surface area contributed by atoms with Crippen LogP contribution in [0, 0.1) is 17.0 Å². The molecule has 0 saturated carbocycles. The Hall–Kier alpha value is -3.26. The van der Waals surface area contributed by atoms with Gasteiger partial charge in [0.25, 0.3) is 11.6 Å². The number of benzene rings is 2. The van der Waals surface area contributed by atoms with E-state index in [0.29, 0.717) is 12.3 Å². The minimum Gasteiger partial charge on any atom is -0.484 e. The van der Waals surface area contributed by atoms with Gasteiger partial charge in [0.1, 0.15) is 10.8 Å². The zero-order chi connectivity index (χ0) is 19.2. The summed E-state index contributed by atoms with van der Waals surface area (Å²) in [5.74, 6) is 0.101. The molecule has 2 aromatic carbocycles. The summed E-state index contributed by atoms with van der Waals surface area (Å²) in [6, 6.07) is 13.7. The zero-order valence-electron chi connectivity index (χ0n) is 14.5. The van der Waals surface area contributed by atoms with Crippen LogP contribution in [0.25, 0.3) is 10.6 Å². The summed E-state index contributed by atoms with van der Waals surface area (Å²) < 4.78 is 5.32. The van der Waals surface area contributed by atoms with Gasteiger partial charge in [0.05, 0.1) is 17.2 Å². The lowest BCUT2D eigenvalue weighted by atomic mass is 10.2. The molecule has 3 rings (SSSR count). The molecule has 0 saturated heterocycles. The SMILES string of the molecule is Cc1ccc(-c2nc(CNC(=O)COc3ccc([N+](=O)[O-])cc3)cs2)cc1. The van der Waals surface area contributed by atoms with Gasteiger partial charge in [0, 0.05) is 23.1 Å².